The number of benzene rings is 2. The van der Waals surface area contributed by atoms with Gasteiger partial charge in [0.25, 0.3) is 11.8 Å². The van der Waals surface area contributed by atoms with Crippen LogP contribution in [0, 0.1) is 25.7 Å². The standard InChI is InChI=1S/C26H26ClN3O3S/c1-14-5-4-6-16(9-14)24-23(29-15(2)34-24)26(32)30-13-17-10-20(17)21(30)12-28-25(31)19-8-7-18(27)11-22(19)33-3/h4-9,11,17,20-21H,10,12-13H2,1-3H3,(H,28,31)/t17-,20?,21+/m0/s1. The van der Waals surface area contributed by atoms with Crippen molar-refractivity contribution >= 4 is 34.8 Å². The Morgan fingerprint density at radius 2 is 2.06 bits per heavy atom. The molecule has 5 rings (SSSR count). The molecule has 1 saturated carbocycles. The zero-order valence-corrected chi connectivity index (χ0v) is 20.9. The first-order chi connectivity index (χ1) is 16.4. The maximum Gasteiger partial charge on any atom is 0.274 e. The summed E-state index contributed by atoms with van der Waals surface area (Å²) in [6.07, 6.45) is 1.09. The van der Waals surface area contributed by atoms with Crippen LogP contribution < -0.4 is 10.1 Å². The summed E-state index contributed by atoms with van der Waals surface area (Å²) in [5.74, 6) is 1.04. The van der Waals surface area contributed by atoms with E-state index in [0.29, 0.717) is 47.0 Å². The monoisotopic (exact) mass is 495 g/mol. The summed E-state index contributed by atoms with van der Waals surface area (Å²) in [6, 6.07) is 13.0. The fourth-order valence-electron chi connectivity index (χ4n) is 4.90. The van der Waals surface area contributed by atoms with Crippen LogP contribution in [0.3, 0.4) is 0 Å². The number of thiazole rings is 1. The average Bonchev–Trinajstić information content (AvgIpc) is 3.33. The third-order valence-corrected chi connectivity index (χ3v) is 7.92. The molecule has 1 aromatic heterocycles. The van der Waals surface area contributed by atoms with E-state index >= 15 is 0 Å². The molecule has 8 heteroatoms. The predicted molar refractivity (Wildman–Crippen MR) is 134 cm³/mol. The number of hydrogen-bond acceptors (Lipinski definition) is 5. The van der Waals surface area contributed by atoms with Gasteiger partial charge in [-0.1, -0.05) is 41.4 Å². The van der Waals surface area contributed by atoms with Crippen molar-refractivity contribution in [2.45, 2.75) is 26.3 Å². The number of rotatable bonds is 6. The number of aromatic nitrogens is 1. The maximum absolute atomic E-state index is 13.7. The molecule has 176 valence electrons. The van der Waals surface area contributed by atoms with Gasteiger partial charge in [-0.15, -0.1) is 11.3 Å². The molecule has 34 heavy (non-hydrogen) atoms. The lowest BCUT2D eigenvalue weighted by molar-refractivity contribution is 0.0690. The van der Waals surface area contributed by atoms with Gasteiger partial charge in [-0.05, 0) is 55.9 Å². The number of nitrogens with one attached hydrogen (secondary N) is 1. The van der Waals surface area contributed by atoms with Crippen molar-refractivity contribution in [3.63, 3.8) is 0 Å². The second-order valence-corrected chi connectivity index (χ2v) is 10.7. The highest BCUT2D eigenvalue weighted by Gasteiger charge is 2.54. The van der Waals surface area contributed by atoms with Crippen LogP contribution in [-0.4, -0.2) is 47.9 Å². The molecule has 3 aromatic rings. The molecule has 2 aromatic carbocycles. The van der Waals surface area contributed by atoms with Crippen LogP contribution in [0.2, 0.25) is 5.02 Å². The third kappa shape index (κ3) is 4.30. The van der Waals surface area contributed by atoms with Crippen LogP contribution in [0.25, 0.3) is 10.4 Å². The van der Waals surface area contributed by atoms with Crippen molar-refractivity contribution < 1.29 is 14.3 Å². The lowest BCUT2D eigenvalue weighted by Gasteiger charge is -2.27. The molecule has 3 atom stereocenters. The Morgan fingerprint density at radius 3 is 2.82 bits per heavy atom. The lowest BCUT2D eigenvalue weighted by Crippen LogP contribution is -2.45. The first kappa shape index (κ1) is 22.9. The molecule has 2 amide bonds. The summed E-state index contributed by atoms with van der Waals surface area (Å²) >= 11 is 7.57. The van der Waals surface area contributed by atoms with Gasteiger partial charge in [0, 0.05) is 18.1 Å². The van der Waals surface area contributed by atoms with Crippen LogP contribution in [0.15, 0.2) is 42.5 Å². The summed E-state index contributed by atoms with van der Waals surface area (Å²) in [5, 5.41) is 4.38. The van der Waals surface area contributed by atoms with E-state index in [2.05, 4.69) is 16.4 Å². The normalized spacial score (nSPS) is 20.7. The second-order valence-electron chi connectivity index (χ2n) is 9.02. The van der Waals surface area contributed by atoms with Crippen LogP contribution in [-0.2, 0) is 0 Å². The fraction of sp³-hybridized carbons (Fsp3) is 0.346. The Bertz CT molecular complexity index is 1270. The van der Waals surface area contributed by atoms with Crippen LogP contribution in [0.4, 0.5) is 0 Å². The first-order valence-electron chi connectivity index (χ1n) is 11.3. The number of methoxy groups -OCH3 is 1. The topological polar surface area (TPSA) is 71.5 Å². The van der Waals surface area contributed by atoms with Crippen molar-refractivity contribution in [3.8, 4) is 16.2 Å². The van der Waals surface area contributed by atoms with Gasteiger partial charge in [0.1, 0.15) is 11.4 Å². The number of amides is 2. The quantitative estimate of drug-likeness (QED) is 0.523. The molecule has 0 radical (unpaired) electrons. The SMILES string of the molecule is COc1cc(Cl)ccc1C(=O)NC[C@@H]1C2C[C@H]2CN1C(=O)c1nc(C)sc1-c1cccc(C)c1. The van der Waals surface area contributed by atoms with E-state index < -0.39 is 0 Å². The van der Waals surface area contributed by atoms with E-state index in [4.69, 9.17) is 16.3 Å². The molecular weight excluding hydrogens is 470 g/mol. The van der Waals surface area contributed by atoms with Crippen molar-refractivity contribution in [1.82, 2.24) is 15.2 Å². The first-order valence-corrected chi connectivity index (χ1v) is 12.5. The summed E-state index contributed by atoms with van der Waals surface area (Å²) in [7, 11) is 1.51. The van der Waals surface area contributed by atoms with Crippen molar-refractivity contribution in [1.29, 1.82) is 0 Å². The molecule has 1 aliphatic carbocycles. The van der Waals surface area contributed by atoms with E-state index in [9.17, 15) is 9.59 Å². The van der Waals surface area contributed by atoms with E-state index in [1.165, 1.54) is 7.11 Å². The number of carbonyl (C=O) groups is 2. The number of halogens is 1. The Balaban J connectivity index is 1.35. The van der Waals surface area contributed by atoms with Crippen molar-refractivity contribution in [2.24, 2.45) is 11.8 Å². The Morgan fingerprint density at radius 1 is 1.24 bits per heavy atom. The van der Waals surface area contributed by atoms with E-state index in [1.807, 2.05) is 36.9 Å². The average molecular weight is 496 g/mol. The molecule has 1 unspecified atom stereocenters. The van der Waals surface area contributed by atoms with Gasteiger partial charge >= 0.3 is 0 Å². The molecule has 2 heterocycles. The minimum absolute atomic E-state index is 0.0490. The highest BCUT2D eigenvalue weighted by molar-refractivity contribution is 7.15. The smallest absolute Gasteiger partial charge is 0.274 e. The zero-order chi connectivity index (χ0) is 24.0. The minimum Gasteiger partial charge on any atom is -0.496 e. The van der Waals surface area contributed by atoms with Gasteiger partial charge in [0.2, 0.25) is 0 Å². The van der Waals surface area contributed by atoms with Gasteiger partial charge in [-0.3, -0.25) is 9.59 Å². The molecule has 1 aliphatic heterocycles. The minimum atomic E-state index is -0.241. The van der Waals surface area contributed by atoms with Crippen LogP contribution in [0.1, 0.15) is 37.8 Å². The van der Waals surface area contributed by atoms with Crippen molar-refractivity contribution in [3.05, 3.63) is 69.3 Å². The number of likely N-dealkylation sites (tertiary alicyclic amines) is 1. The third-order valence-electron chi connectivity index (χ3n) is 6.66. The molecular formula is C26H26ClN3O3S. The highest BCUT2D eigenvalue weighted by atomic mass is 35.5. The number of piperidine rings is 1. The fourth-order valence-corrected chi connectivity index (χ4v) is 5.97. The number of fused-ring (bicyclic) bond motifs is 1. The summed E-state index contributed by atoms with van der Waals surface area (Å²) in [4.78, 5) is 34.0. The molecule has 2 aliphatic rings. The van der Waals surface area contributed by atoms with Gasteiger partial charge < -0.3 is 15.0 Å². The molecule has 1 saturated heterocycles. The molecule has 1 N–H and O–H groups in total. The van der Waals surface area contributed by atoms with Crippen LogP contribution in [0.5, 0.6) is 5.75 Å². The van der Waals surface area contributed by atoms with E-state index in [1.54, 1.807) is 29.5 Å². The second kappa shape index (κ2) is 9.04. The number of nitrogens with zero attached hydrogens (tertiary/aromatic N) is 2. The Kier molecular flexibility index (Phi) is 6.08. The summed E-state index contributed by atoms with van der Waals surface area (Å²) < 4.78 is 5.31. The van der Waals surface area contributed by atoms with E-state index in [-0.39, 0.29) is 17.9 Å². The van der Waals surface area contributed by atoms with Gasteiger partial charge in [0.05, 0.1) is 28.6 Å². The zero-order valence-electron chi connectivity index (χ0n) is 19.3. The van der Waals surface area contributed by atoms with Crippen molar-refractivity contribution in [2.75, 3.05) is 20.2 Å². The Hall–Kier alpha value is -2.90. The van der Waals surface area contributed by atoms with Gasteiger partial charge in [-0.2, -0.15) is 0 Å². The largest absolute Gasteiger partial charge is 0.496 e. The molecule has 0 spiro atoms. The Labute approximate surface area is 207 Å². The van der Waals surface area contributed by atoms with Gasteiger partial charge in [-0.25, -0.2) is 4.98 Å². The molecule has 2 fully saturated rings. The number of carbonyl (C=O) groups excluding carboxylic acids is 2. The number of ether oxygens (including phenoxy) is 1. The highest BCUT2D eigenvalue weighted by Crippen LogP contribution is 2.50. The van der Waals surface area contributed by atoms with Crippen LogP contribution >= 0.6 is 22.9 Å². The molecule has 6 nitrogen and oxygen atoms in total. The maximum atomic E-state index is 13.7. The molecule has 0 bridgehead atoms. The number of aryl methyl sites for hydroxylation is 2. The number of hydrogen-bond donors (Lipinski definition) is 1. The van der Waals surface area contributed by atoms with E-state index in [0.717, 1.165) is 27.4 Å². The summed E-state index contributed by atoms with van der Waals surface area (Å²) in [6.45, 7) is 5.07. The van der Waals surface area contributed by atoms with Gasteiger partial charge in [0.15, 0.2) is 0 Å². The lowest BCUT2D eigenvalue weighted by atomic mass is 10.1. The predicted octanol–water partition coefficient (Wildman–Crippen LogP) is 4.98. The summed E-state index contributed by atoms with van der Waals surface area (Å²) in [5.41, 5.74) is 3.08.